The van der Waals surface area contributed by atoms with E-state index in [0.717, 1.165) is 23.2 Å². The fourth-order valence-electron chi connectivity index (χ4n) is 5.19. The molecule has 202 valence electrons. The Labute approximate surface area is 228 Å². The van der Waals surface area contributed by atoms with Crippen LogP contribution in [-0.2, 0) is 12.5 Å². The Morgan fingerprint density at radius 3 is 2.33 bits per heavy atom. The van der Waals surface area contributed by atoms with E-state index in [0.29, 0.717) is 30.0 Å². The molecule has 1 saturated carbocycles. The van der Waals surface area contributed by atoms with Crippen LogP contribution in [-0.4, -0.2) is 34.9 Å². The summed E-state index contributed by atoms with van der Waals surface area (Å²) < 4.78 is 29.2. The molecule has 0 radical (unpaired) electrons. The first-order chi connectivity index (χ1) is 18.5. The number of aromatic nitrogens is 2. The number of hydrogen-bond donors (Lipinski definition) is 2. The standard InChI is InChI=1S/C32H34F2N4O/c1-19-8-6-9-20(2)28(19)23-14-22(18-38(4)5)15-24(16-23)30-35-21(3)29(37-30)31(39)36-27-11-7-10-26(17-27)32(33,34)25-12-13-25/h6-11,14-17,25H,12-13,18H2,1-5H3,(H,35,37)(H,36,39). The fraction of sp³-hybridized carbons (Fsp3) is 0.312. The van der Waals surface area contributed by atoms with Crippen molar-refractivity contribution in [2.45, 2.75) is 46.1 Å². The Kier molecular flexibility index (Phi) is 7.12. The van der Waals surface area contributed by atoms with Crippen LogP contribution in [0.15, 0.2) is 60.7 Å². The van der Waals surface area contributed by atoms with Crippen LogP contribution in [0.25, 0.3) is 22.5 Å². The van der Waals surface area contributed by atoms with Gasteiger partial charge in [-0.15, -0.1) is 0 Å². The largest absolute Gasteiger partial charge is 0.341 e. The van der Waals surface area contributed by atoms with Gasteiger partial charge >= 0.3 is 0 Å². The molecular formula is C32H34F2N4O. The van der Waals surface area contributed by atoms with Crippen molar-refractivity contribution in [3.63, 3.8) is 0 Å². The minimum Gasteiger partial charge on any atom is -0.341 e. The van der Waals surface area contributed by atoms with Gasteiger partial charge in [-0.3, -0.25) is 4.79 Å². The van der Waals surface area contributed by atoms with Crippen LogP contribution in [0.2, 0.25) is 0 Å². The van der Waals surface area contributed by atoms with Crippen LogP contribution >= 0.6 is 0 Å². The maximum absolute atomic E-state index is 14.6. The minimum atomic E-state index is -2.89. The summed E-state index contributed by atoms with van der Waals surface area (Å²) in [5, 5.41) is 2.76. The van der Waals surface area contributed by atoms with Crippen LogP contribution in [0.5, 0.6) is 0 Å². The minimum absolute atomic E-state index is 0.0704. The van der Waals surface area contributed by atoms with Crippen molar-refractivity contribution in [1.29, 1.82) is 0 Å². The van der Waals surface area contributed by atoms with Crippen molar-refractivity contribution in [3.8, 4) is 22.5 Å². The van der Waals surface area contributed by atoms with E-state index < -0.39 is 17.7 Å². The molecule has 3 aromatic carbocycles. The normalized spacial score (nSPS) is 13.6. The third-order valence-corrected chi connectivity index (χ3v) is 7.23. The Balaban J connectivity index is 1.47. The van der Waals surface area contributed by atoms with Crippen LogP contribution in [0, 0.1) is 26.7 Å². The fourth-order valence-corrected chi connectivity index (χ4v) is 5.19. The Morgan fingerprint density at radius 1 is 1.00 bits per heavy atom. The van der Waals surface area contributed by atoms with Crippen molar-refractivity contribution >= 4 is 11.6 Å². The van der Waals surface area contributed by atoms with Gasteiger partial charge in [-0.1, -0.05) is 30.3 Å². The number of anilines is 1. The van der Waals surface area contributed by atoms with Gasteiger partial charge in [-0.05, 0) is 106 Å². The molecule has 4 aromatic rings. The zero-order valence-corrected chi connectivity index (χ0v) is 23.0. The molecule has 1 aromatic heterocycles. The molecule has 5 rings (SSSR count). The summed E-state index contributed by atoms with van der Waals surface area (Å²) >= 11 is 0. The lowest BCUT2D eigenvalue weighted by atomic mass is 9.93. The number of halogens is 2. The van der Waals surface area contributed by atoms with Crippen molar-refractivity contribution < 1.29 is 13.6 Å². The zero-order valence-electron chi connectivity index (χ0n) is 23.0. The number of carbonyl (C=O) groups excluding carboxylic acids is 1. The molecule has 1 aliphatic carbocycles. The summed E-state index contributed by atoms with van der Waals surface area (Å²) in [6.07, 6.45) is 1.05. The SMILES string of the molecule is Cc1cccc(C)c1-c1cc(CN(C)C)cc(-c2nc(C(=O)Nc3cccc(C(F)(F)C4CC4)c3)c(C)[nH]2)c1. The molecule has 5 nitrogen and oxygen atoms in total. The first-order valence-electron chi connectivity index (χ1n) is 13.2. The highest BCUT2D eigenvalue weighted by atomic mass is 19.3. The summed E-state index contributed by atoms with van der Waals surface area (Å²) in [6, 6.07) is 18.6. The monoisotopic (exact) mass is 528 g/mol. The van der Waals surface area contributed by atoms with Crippen LogP contribution in [0.4, 0.5) is 14.5 Å². The number of nitrogens with zero attached hydrogens (tertiary/aromatic N) is 2. The summed E-state index contributed by atoms with van der Waals surface area (Å²) in [4.78, 5) is 23.2. The molecule has 0 atom stereocenters. The van der Waals surface area contributed by atoms with Gasteiger partial charge in [-0.25, -0.2) is 13.8 Å². The average Bonchev–Trinajstić information content (AvgIpc) is 3.66. The Bertz CT molecular complexity index is 1510. The first kappa shape index (κ1) is 26.8. The highest BCUT2D eigenvalue weighted by Crippen LogP contribution is 2.49. The highest BCUT2D eigenvalue weighted by Gasteiger charge is 2.47. The van der Waals surface area contributed by atoms with E-state index >= 15 is 0 Å². The number of hydrogen-bond acceptors (Lipinski definition) is 3. The number of rotatable bonds is 8. The summed E-state index contributed by atoms with van der Waals surface area (Å²) in [7, 11) is 4.06. The second kappa shape index (κ2) is 10.4. The predicted molar refractivity (Wildman–Crippen MR) is 152 cm³/mol. The third kappa shape index (κ3) is 5.64. The number of benzene rings is 3. The van der Waals surface area contributed by atoms with Gasteiger partial charge in [0.1, 0.15) is 11.5 Å². The average molecular weight is 529 g/mol. The molecule has 0 bridgehead atoms. The van der Waals surface area contributed by atoms with E-state index in [-0.39, 0.29) is 11.3 Å². The number of imidazole rings is 1. The van der Waals surface area contributed by atoms with E-state index in [1.165, 1.54) is 28.8 Å². The van der Waals surface area contributed by atoms with E-state index in [1.807, 2.05) is 14.1 Å². The molecule has 1 fully saturated rings. The molecule has 1 amide bonds. The molecule has 1 aliphatic rings. The van der Waals surface area contributed by atoms with Gasteiger partial charge < -0.3 is 15.2 Å². The zero-order chi connectivity index (χ0) is 27.9. The second-order valence-corrected chi connectivity index (χ2v) is 10.9. The van der Waals surface area contributed by atoms with Crippen molar-refractivity contribution in [3.05, 3.63) is 94.3 Å². The van der Waals surface area contributed by atoms with Gasteiger partial charge in [0.25, 0.3) is 11.8 Å². The smallest absolute Gasteiger partial charge is 0.276 e. The number of amides is 1. The number of carbonyl (C=O) groups is 1. The van der Waals surface area contributed by atoms with Gasteiger partial charge in [0.2, 0.25) is 0 Å². The molecule has 0 unspecified atom stereocenters. The van der Waals surface area contributed by atoms with Gasteiger partial charge in [0.15, 0.2) is 0 Å². The third-order valence-electron chi connectivity index (χ3n) is 7.23. The predicted octanol–water partition coefficient (Wildman–Crippen LogP) is 7.48. The van der Waals surface area contributed by atoms with Crippen molar-refractivity contribution in [2.24, 2.45) is 5.92 Å². The van der Waals surface area contributed by atoms with Crippen LogP contribution in [0.1, 0.15) is 51.3 Å². The number of H-pyrrole nitrogens is 1. The molecule has 39 heavy (non-hydrogen) atoms. The molecule has 2 N–H and O–H groups in total. The summed E-state index contributed by atoms with van der Waals surface area (Å²) in [5.41, 5.74) is 7.75. The lowest BCUT2D eigenvalue weighted by Crippen LogP contribution is -2.18. The summed E-state index contributed by atoms with van der Waals surface area (Å²) in [6.45, 7) is 6.76. The first-order valence-corrected chi connectivity index (χ1v) is 13.2. The number of aromatic amines is 1. The van der Waals surface area contributed by atoms with E-state index in [1.54, 1.807) is 19.1 Å². The quantitative estimate of drug-likeness (QED) is 0.249. The maximum Gasteiger partial charge on any atom is 0.276 e. The van der Waals surface area contributed by atoms with E-state index in [2.05, 4.69) is 70.4 Å². The summed E-state index contributed by atoms with van der Waals surface area (Å²) in [5.74, 6) is -3.36. The Morgan fingerprint density at radius 2 is 1.67 bits per heavy atom. The molecule has 1 heterocycles. The second-order valence-electron chi connectivity index (χ2n) is 10.9. The Hall–Kier alpha value is -3.84. The molecular weight excluding hydrogens is 494 g/mol. The van der Waals surface area contributed by atoms with Crippen molar-refractivity contribution in [1.82, 2.24) is 14.9 Å². The number of nitrogens with one attached hydrogen (secondary N) is 2. The lowest BCUT2D eigenvalue weighted by Gasteiger charge is -2.17. The van der Waals surface area contributed by atoms with E-state index in [4.69, 9.17) is 0 Å². The lowest BCUT2D eigenvalue weighted by molar-refractivity contribution is -0.0285. The van der Waals surface area contributed by atoms with Gasteiger partial charge in [0.05, 0.1) is 0 Å². The van der Waals surface area contributed by atoms with Gasteiger partial charge in [-0.2, -0.15) is 0 Å². The van der Waals surface area contributed by atoms with Crippen LogP contribution < -0.4 is 5.32 Å². The molecule has 0 aliphatic heterocycles. The molecule has 7 heteroatoms. The number of alkyl halides is 2. The topological polar surface area (TPSA) is 61.0 Å². The molecule has 0 spiro atoms. The number of aryl methyl sites for hydroxylation is 3. The van der Waals surface area contributed by atoms with Gasteiger partial charge in [0, 0.05) is 35.0 Å². The maximum atomic E-state index is 14.6. The van der Waals surface area contributed by atoms with Crippen molar-refractivity contribution in [2.75, 3.05) is 19.4 Å². The van der Waals surface area contributed by atoms with E-state index in [9.17, 15) is 13.6 Å². The molecule has 0 saturated heterocycles. The highest BCUT2D eigenvalue weighted by molar-refractivity contribution is 6.04. The van der Waals surface area contributed by atoms with Crippen LogP contribution in [0.3, 0.4) is 0 Å².